The van der Waals surface area contributed by atoms with E-state index in [1.54, 1.807) is 0 Å². The fourth-order valence-corrected chi connectivity index (χ4v) is 2.69. The summed E-state index contributed by atoms with van der Waals surface area (Å²) >= 11 is 0. The molecule has 1 aromatic carbocycles. The van der Waals surface area contributed by atoms with E-state index in [1.807, 2.05) is 26.0 Å². The van der Waals surface area contributed by atoms with Crippen molar-refractivity contribution in [2.45, 2.75) is 53.2 Å². The van der Waals surface area contributed by atoms with Crippen LogP contribution in [0.15, 0.2) is 18.2 Å². The molecule has 1 aliphatic heterocycles. The largest absolute Gasteiger partial charge is 0.327 e. The molecule has 2 atom stereocenters. The number of nitrogens with two attached hydrogens (primary N) is 1. The Morgan fingerprint density at radius 3 is 2.64 bits per heavy atom. The minimum absolute atomic E-state index is 0.00373. The standard InChI is InChI=1S/C18H29N3O/c1-12(2)8-9-21-10-15-6-5-7-17(16(15)11-21)20-18(22)13(3)14(4)19/h5-7,12-14H,8-11,19H2,1-4H3,(H,20,22). The number of anilines is 1. The van der Waals surface area contributed by atoms with E-state index < -0.39 is 0 Å². The molecule has 122 valence electrons. The van der Waals surface area contributed by atoms with Gasteiger partial charge in [-0.15, -0.1) is 0 Å². The Morgan fingerprint density at radius 1 is 1.27 bits per heavy atom. The van der Waals surface area contributed by atoms with Gasteiger partial charge >= 0.3 is 0 Å². The molecule has 22 heavy (non-hydrogen) atoms. The molecule has 1 amide bonds. The predicted molar refractivity (Wildman–Crippen MR) is 91.5 cm³/mol. The molecule has 0 saturated carbocycles. The number of benzene rings is 1. The number of nitrogens with one attached hydrogen (secondary N) is 1. The molecule has 0 aliphatic carbocycles. The van der Waals surface area contributed by atoms with Crippen molar-refractivity contribution in [1.29, 1.82) is 0 Å². The van der Waals surface area contributed by atoms with E-state index in [0.29, 0.717) is 0 Å². The number of carbonyl (C=O) groups excluding carboxylic acids is 1. The van der Waals surface area contributed by atoms with Gasteiger partial charge in [0.25, 0.3) is 0 Å². The van der Waals surface area contributed by atoms with Crippen LogP contribution in [-0.4, -0.2) is 23.4 Å². The fourth-order valence-electron chi connectivity index (χ4n) is 2.69. The summed E-state index contributed by atoms with van der Waals surface area (Å²) in [5.41, 5.74) is 9.36. The number of fused-ring (bicyclic) bond motifs is 1. The van der Waals surface area contributed by atoms with Gasteiger partial charge < -0.3 is 11.1 Å². The summed E-state index contributed by atoms with van der Waals surface area (Å²) in [6.45, 7) is 11.3. The highest BCUT2D eigenvalue weighted by Gasteiger charge is 2.24. The molecule has 0 fully saturated rings. The summed E-state index contributed by atoms with van der Waals surface area (Å²) in [4.78, 5) is 14.7. The molecule has 0 spiro atoms. The van der Waals surface area contributed by atoms with Gasteiger partial charge in [0.1, 0.15) is 0 Å². The van der Waals surface area contributed by atoms with Crippen molar-refractivity contribution in [3.05, 3.63) is 29.3 Å². The van der Waals surface area contributed by atoms with Gasteiger partial charge in [-0.25, -0.2) is 0 Å². The summed E-state index contributed by atoms with van der Waals surface area (Å²) in [5, 5.41) is 3.06. The highest BCUT2D eigenvalue weighted by atomic mass is 16.1. The highest BCUT2D eigenvalue weighted by molar-refractivity contribution is 5.93. The van der Waals surface area contributed by atoms with Gasteiger partial charge in [-0.05, 0) is 43.0 Å². The van der Waals surface area contributed by atoms with Gasteiger partial charge in [-0.3, -0.25) is 9.69 Å². The Labute approximate surface area is 134 Å². The van der Waals surface area contributed by atoms with Crippen LogP contribution in [0.2, 0.25) is 0 Å². The number of rotatable bonds is 6. The van der Waals surface area contributed by atoms with Crippen LogP contribution in [0, 0.1) is 11.8 Å². The maximum atomic E-state index is 12.2. The van der Waals surface area contributed by atoms with Gasteiger partial charge in [-0.2, -0.15) is 0 Å². The summed E-state index contributed by atoms with van der Waals surface area (Å²) in [6.07, 6.45) is 1.21. The highest BCUT2D eigenvalue weighted by Crippen LogP contribution is 2.30. The first-order valence-electron chi connectivity index (χ1n) is 8.28. The maximum Gasteiger partial charge on any atom is 0.228 e. The lowest BCUT2D eigenvalue weighted by molar-refractivity contribution is -0.119. The number of hydrogen-bond donors (Lipinski definition) is 2. The number of carbonyl (C=O) groups is 1. The molecular formula is C18H29N3O. The number of hydrogen-bond acceptors (Lipinski definition) is 3. The molecule has 1 aliphatic rings. The van der Waals surface area contributed by atoms with Crippen molar-refractivity contribution in [3.8, 4) is 0 Å². The minimum Gasteiger partial charge on any atom is -0.327 e. The van der Waals surface area contributed by atoms with Gasteiger partial charge in [0.2, 0.25) is 5.91 Å². The third-order valence-corrected chi connectivity index (χ3v) is 4.53. The molecule has 0 aromatic heterocycles. The average molecular weight is 303 g/mol. The summed E-state index contributed by atoms with van der Waals surface area (Å²) < 4.78 is 0. The normalized spacial score (nSPS) is 17.4. The van der Waals surface area contributed by atoms with Crippen LogP contribution < -0.4 is 11.1 Å². The monoisotopic (exact) mass is 303 g/mol. The van der Waals surface area contributed by atoms with Gasteiger partial charge in [0.05, 0.1) is 5.92 Å². The summed E-state index contributed by atoms with van der Waals surface area (Å²) in [6, 6.07) is 6.04. The van der Waals surface area contributed by atoms with E-state index in [9.17, 15) is 4.79 Å². The van der Waals surface area contributed by atoms with E-state index >= 15 is 0 Å². The second-order valence-electron chi connectivity index (χ2n) is 6.97. The first kappa shape index (κ1) is 17.0. The zero-order chi connectivity index (χ0) is 16.3. The van der Waals surface area contributed by atoms with Crippen LogP contribution in [-0.2, 0) is 17.9 Å². The molecule has 0 saturated heterocycles. The molecule has 0 radical (unpaired) electrons. The second kappa shape index (κ2) is 7.25. The van der Waals surface area contributed by atoms with Crippen molar-refractivity contribution >= 4 is 11.6 Å². The lowest BCUT2D eigenvalue weighted by atomic mass is 10.0. The van der Waals surface area contributed by atoms with Crippen molar-refractivity contribution in [2.75, 3.05) is 11.9 Å². The summed E-state index contributed by atoms with van der Waals surface area (Å²) in [7, 11) is 0. The first-order chi connectivity index (χ1) is 10.4. The first-order valence-corrected chi connectivity index (χ1v) is 8.28. The van der Waals surface area contributed by atoms with Gasteiger partial charge in [0, 0.05) is 24.8 Å². The Bertz CT molecular complexity index is 525. The SMILES string of the molecule is CC(C)CCN1Cc2cccc(NC(=O)C(C)C(C)N)c2C1. The molecule has 2 rings (SSSR count). The van der Waals surface area contributed by atoms with Crippen molar-refractivity contribution in [3.63, 3.8) is 0 Å². The average Bonchev–Trinajstić information content (AvgIpc) is 2.88. The van der Waals surface area contributed by atoms with E-state index in [-0.39, 0.29) is 17.9 Å². The predicted octanol–water partition coefficient (Wildman–Crippen LogP) is 2.97. The van der Waals surface area contributed by atoms with Crippen LogP contribution in [0.4, 0.5) is 5.69 Å². The van der Waals surface area contributed by atoms with Crippen LogP contribution in [0.5, 0.6) is 0 Å². The Kier molecular flexibility index (Phi) is 5.59. The molecule has 1 heterocycles. The van der Waals surface area contributed by atoms with Crippen LogP contribution in [0.1, 0.15) is 45.2 Å². The topological polar surface area (TPSA) is 58.4 Å². The van der Waals surface area contributed by atoms with E-state index in [0.717, 1.165) is 31.2 Å². The zero-order valence-corrected chi connectivity index (χ0v) is 14.2. The van der Waals surface area contributed by atoms with E-state index in [4.69, 9.17) is 5.73 Å². The molecule has 0 bridgehead atoms. The van der Waals surface area contributed by atoms with Crippen LogP contribution >= 0.6 is 0 Å². The van der Waals surface area contributed by atoms with Crippen molar-refractivity contribution in [1.82, 2.24) is 4.90 Å². The van der Waals surface area contributed by atoms with E-state index in [2.05, 4.69) is 30.1 Å². The Balaban J connectivity index is 2.05. The van der Waals surface area contributed by atoms with Crippen molar-refractivity contribution in [2.24, 2.45) is 17.6 Å². The molecular weight excluding hydrogens is 274 g/mol. The molecule has 2 unspecified atom stereocenters. The lowest BCUT2D eigenvalue weighted by Gasteiger charge is -2.18. The van der Waals surface area contributed by atoms with Gasteiger partial charge in [-0.1, -0.05) is 32.9 Å². The second-order valence-corrected chi connectivity index (χ2v) is 6.97. The Hall–Kier alpha value is -1.39. The molecule has 1 aromatic rings. The minimum atomic E-state index is -0.186. The van der Waals surface area contributed by atoms with Gasteiger partial charge in [0.15, 0.2) is 0 Å². The Morgan fingerprint density at radius 2 is 2.00 bits per heavy atom. The maximum absolute atomic E-state index is 12.2. The van der Waals surface area contributed by atoms with Crippen molar-refractivity contribution < 1.29 is 4.79 Å². The third-order valence-electron chi connectivity index (χ3n) is 4.53. The molecule has 4 heteroatoms. The number of amides is 1. The fraction of sp³-hybridized carbons (Fsp3) is 0.611. The lowest BCUT2D eigenvalue weighted by Crippen LogP contribution is -2.34. The summed E-state index contributed by atoms with van der Waals surface area (Å²) in [5.74, 6) is 0.535. The third kappa shape index (κ3) is 4.08. The molecule has 4 nitrogen and oxygen atoms in total. The van der Waals surface area contributed by atoms with Crippen LogP contribution in [0.25, 0.3) is 0 Å². The molecule has 3 N–H and O–H groups in total. The quantitative estimate of drug-likeness (QED) is 0.849. The smallest absolute Gasteiger partial charge is 0.228 e. The van der Waals surface area contributed by atoms with Crippen LogP contribution in [0.3, 0.4) is 0 Å². The zero-order valence-electron chi connectivity index (χ0n) is 14.2. The van der Waals surface area contributed by atoms with E-state index in [1.165, 1.54) is 17.5 Å². The number of nitrogens with zero attached hydrogens (tertiary/aromatic N) is 1.